The third kappa shape index (κ3) is 4.11. The van der Waals surface area contributed by atoms with Gasteiger partial charge in [0.2, 0.25) is 11.8 Å². The summed E-state index contributed by atoms with van der Waals surface area (Å²) in [5.74, 6) is 0.384. The molecule has 2 heterocycles. The molecule has 1 aromatic heterocycles. The first-order valence-electron chi connectivity index (χ1n) is 9.33. The fourth-order valence-corrected chi connectivity index (χ4v) is 3.39. The normalized spacial score (nSPS) is 15.1. The van der Waals surface area contributed by atoms with E-state index in [0.29, 0.717) is 11.7 Å². The molecule has 2 aromatic carbocycles. The molecule has 0 aliphatic carbocycles. The van der Waals surface area contributed by atoms with Crippen LogP contribution in [0.2, 0.25) is 0 Å². The highest BCUT2D eigenvalue weighted by molar-refractivity contribution is 5.80. The average molecular weight is 388 g/mol. The van der Waals surface area contributed by atoms with E-state index in [1.807, 2.05) is 60.7 Å². The van der Waals surface area contributed by atoms with Crippen molar-refractivity contribution in [3.8, 4) is 11.3 Å². The Morgan fingerprint density at radius 1 is 1.10 bits per heavy atom. The van der Waals surface area contributed by atoms with Crippen LogP contribution >= 0.6 is 0 Å². The van der Waals surface area contributed by atoms with E-state index >= 15 is 0 Å². The van der Waals surface area contributed by atoms with Crippen molar-refractivity contribution in [2.45, 2.75) is 26.0 Å². The zero-order valence-electron chi connectivity index (χ0n) is 15.9. The summed E-state index contributed by atoms with van der Waals surface area (Å²) in [5.41, 5.74) is 2.81. The van der Waals surface area contributed by atoms with Gasteiger partial charge < -0.3 is 14.1 Å². The maximum Gasteiger partial charge on any atom is 0.308 e. The number of fused-ring (bicyclic) bond motifs is 1. The maximum atomic E-state index is 12.5. The number of carbonyl (C=O) groups is 2. The lowest BCUT2D eigenvalue weighted by Gasteiger charge is -2.32. The van der Waals surface area contributed by atoms with Crippen LogP contribution in [-0.2, 0) is 20.9 Å². The van der Waals surface area contributed by atoms with E-state index in [1.54, 1.807) is 17.3 Å². The Morgan fingerprint density at radius 2 is 1.86 bits per heavy atom. The van der Waals surface area contributed by atoms with Crippen LogP contribution in [0.5, 0.6) is 0 Å². The van der Waals surface area contributed by atoms with Crippen molar-refractivity contribution >= 4 is 18.0 Å². The first kappa shape index (κ1) is 18.7. The van der Waals surface area contributed by atoms with Gasteiger partial charge in [0.05, 0.1) is 18.7 Å². The minimum atomic E-state index is -0.425. The molecule has 0 bridgehead atoms. The number of hydrogen-bond donors (Lipinski definition) is 0. The zero-order valence-corrected chi connectivity index (χ0v) is 15.9. The highest BCUT2D eigenvalue weighted by Gasteiger charge is 2.28. The molecule has 0 radical (unpaired) electrons. The van der Waals surface area contributed by atoms with Crippen LogP contribution in [0.3, 0.4) is 0 Å². The van der Waals surface area contributed by atoms with Crippen LogP contribution in [0.15, 0.2) is 71.4 Å². The first-order chi connectivity index (χ1) is 14.1. The van der Waals surface area contributed by atoms with Crippen LogP contribution in [-0.4, -0.2) is 21.8 Å². The molecule has 0 saturated carbocycles. The molecule has 146 valence electrons. The standard InChI is InChI=1S/C23H20N2O4/c1-16(26)25-12-11-17-7-5-6-10-19(17)20(25)13-23(27)28-15-22-24-14-21(29-22)18-8-3-2-4-9-18/h2-12,14,20H,13,15H2,1H3/t20-/m1/s1. The van der Waals surface area contributed by atoms with Crippen molar-refractivity contribution in [3.63, 3.8) is 0 Å². The van der Waals surface area contributed by atoms with Gasteiger partial charge >= 0.3 is 5.97 Å². The van der Waals surface area contributed by atoms with E-state index in [1.165, 1.54) is 6.92 Å². The summed E-state index contributed by atoms with van der Waals surface area (Å²) in [5, 5.41) is 0. The van der Waals surface area contributed by atoms with E-state index in [-0.39, 0.29) is 18.9 Å². The largest absolute Gasteiger partial charge is 0.456 e. The summed E-state index contributed by atoms with van der Waals surface area (Å²) in [7, 11) is 0. The van der Waals surface area contributed by atoms with E-state index in [4.69, 9.17) is 9.15 Å². The third-order valence-electron chi connectivity index (χ3n) is 4.80. The predicted molar refractivity (Wildman–Crippen MR) is 107 cm³/mol. The third-order valence-corrected chi connectivity index (χ3v) is 4.80. The Hall–Kier alpha value is -3.67. The van der Waals surface area contributed by atoms with Crippen molar-refractivity contribution in [3.05, 3.63) is 84.0 Å². The number of benzene rings is 2. The Labute approximate surface area is 168 Å². The van der Waals surface area contributed by atoms with Crippen LogP contribution in [0.1, 0.15) is 36.4 Å². The molecule has 1 atom stereocenters. The van der Waals surface area contributed by atoms with Gasteiger partial charge in [-0.05, 0) is 17.2 Å². The Balaban J connectivity index is 1.42. The fourth-order valence-electron chi connectivity index (χ4n) is 3.39. The smallest absolute Gasteiger partial charge is 0.308 e. The zero-order chi connectivity index (χ0) is 20.2. The summed E-state index contributed by atoms with van der Waals surface area (Å²) >= 11 is 0. The van der Waals surface area contributed by atoms with Gasteiger partial charge in [0, 0.05) is 18.7 Å². The van der Waals surface area contributed by atoms with Gasteiger partial charge in [-0.1, -0.05) is 54.6 Å². The van der Waals surface area contributed by atoms with Crippen molar-refractivity contribution in [1.82, 2.24) is 9.88 Å². The van der Waals surface area contributed by atoms with Crippen LogP contribution in [0.25, 0.3) is 17.4 Å². The van der Waals surface area contributed by atoms with Crippen molar-refractivity contribution < 1.29 is 18.7 Å². The second kappa shape index (κ2) is 8.14. The Bertz CT molecular complexity index is 1060. The molecule has 1 aliphatic heterocycles. The number of ether oxygens (including phenoxy) is 1. The molecule has 6 nitrogen and oxygen atoms in total. The summed E-state index contributed by atoms with van der Waals surface area (Å²) < 4.78 is 11.0. The molecule has 0 N–H and O–H groups in total. The van der Waals surface area contributed by atoms with E-state index in [2.05, 4.69) is 4.98 Å². The van der Waals surface area contributed by atoms with Gasteiger partial charge in [0.25, 0.3) is 0 Å². The van der Waals surface area contributed by atoms with Gasteiger partial charge in [-0.15, -0.1) is 0 Å². The molecule has 29 heavy (non-hydrogen) atoms. The summed E-state index contributed by atoms with van der Waals surface area (Å²) in [6.07, 6.45) is 5.24. The molecule has 1 aliphatic rings. The first-order valence-corrected chi connectivity index (χ1v) is 9.33. The lowest BCUT2D eigenvalue weighted by Crippen LogP contribution is -2.32. The topological polar surface area (TPSA) is 72.6 Å². The molecule has 0 fully saturated rings. The number of nitrogens with zero attached hydrogens (tertiary/aromatic N) is 2. The quantitative estimate of drug-likeness (QED) is 0.608. The number of oxazole rings is 1. The predicted octanol–water partition coefficient (Wildman–Crippen LogP) is 4.35. The number of esters is 1. The van der Waals surface area contributed by atoms with Crippen LogP contribution < -0.4 is 0 Å². The molecule has 6 heteroatoms. The minimum absolute atomic E-state index is 0.0488. The molecule has 0 spiro atoms. The van der Waals surface area contributed by atoms with Crippen LogP contribution in [0.4, 0.5) is 0 Å². The Morgan fingerprint density at radius 3 is 2.66 bits per heavy atom. The molecule has 4 rings (SSSR count). The van der Waals surface area contributed by atoms with Crippen LogP contribution in [0, 0.1) is 0 Å². The number of hydrogen-bond acceptors (Lipinski definition) is 5. The average Bonchev–Trinajstić information content (AvgIpc) is 3.22. The second-order valence-corrected chi connectivity index (χ2v) is 6.74. The van der Waals surface area contributed by atoms with Crippen molar-refractivity contribution in [1.29, 1.82) is 0 Å². The number of rotatable bonds is 5. The molecule has 1 amide bonds. The maximum absolute atomic E-state index is 12.5. The summed E-state index contributed by atoms with van der Waals surface area (Å²) in [6, 6.07) is 16.9. The van der Waals surface area contributed by atoms with Gasteiger partial charge in [-0.3, -0.25) is 9.59 Å². The molecule has 0 unspecified atom stereocenters. The number of aromatic nitrogens is 1. The second-order valence-electron chi connectivity index (χ2n) is 6.74. The van der Waals surface area contributed by atoms with E-state index in [0.717, 1.165) is 16.7 Å². The van der Waals surface area contributed by atoms with Gasteiger partial charge in [-0.25, -0.2) is 4.98 Å². The number of amides is 1. The molecular weight excluding hydrogens is 368 g/mol. The van der Waals surface area contributed by atoms with E-state index in [9.17, 15) is 9.59 Å². The lowest BCUT2D eigenvalue weighted by molar-refractivity contribution is -0.147. The highest BCUT2D eigenvalue weighted by atomic mass is 16.5. The molecule has 0 saturated heterocycles. The fraction of sp³-hybridized carbons (Fsp3) is 0.174. The monoisotopic (exact) mass is 388 g/mol. The Kier molecular flexibility index (Phi) is 5.24. The summed E-state index contributed by atoms with van der Waals surface area (Å²) in [6.45, 7) is 1.42. The molecule has 3 aromatic rings. The van der Waals surface area contributed by atoms with Crippen molar-refractivity contribution in [2.24, 2.45) is 0 Å². The van der Waals surface area contributed by atoms with Gasteiger partial charge in [0.1, 0.15) is 0 Å². The lowest BCUT2D eigenvalue weighted by atomic mass is 9.94. The van der Waals surface area contributed by atoms with Gasteiger partial charge in [0.15, 0.2) is 12.4 Å². The summed E-state index contributed by atoms with van der Waals surface area (Å²) in [4.78, 5) is 30.2. The molecular formula is C23H20N2O4. The highest BCUT2D eigenvalue weighted by Crippen LogP contribution is 2.33. The SMILES string of the molecule is CC(=O)N1C=Cc2ccccc2[C@H]1CC(=O)OCc1ncc(-c2ccccc2)o1. The minimum Gasteiger partial charge on any atom is -0.456 e. The van der Waals surface area contributed by atoms with E-state index < -0.39 is 12.0 Å². The van der Waals surface area contributed by atoms with Gasteiger partial charge in [-0.2, -0.15) is 0 Å². The number of carbonyl (C=O) groups excluding carboxylic acids is 2. The van der Waals surface area contributed by atoms with Crippen molar-refractivity contribution in [2.75, 3.05) is 0 Å².